The Bertz CT molecular complexity index is 419. The highest BCUT2D eigenvalue weighted by Gasteiger charge is 2.30. The van der Waals surface area contributed by atoms with E-state index >= 15 is 0 Å². The minimum Gasteiger partial charge on any atom is -0.310 e. The zero-order valence-corrected chi connectivity index (χ0v) is 7.67. The molecule has 1 heterocycles. The lowest BCUT2D eigenvalue weighted by Crippen LogP contribution is -2.36. The summed E-state index contributed by atoms with van der Waals surface area (Å²) in [6.45, 7) is 0.673. The first-order valence-electron chi connectivity index (χ1n) is 4.47. The van der Waals surface area contributed by atoms with Gasteiger partial charge in [0.05, 0.1) is 4.92 Å². The zero-order chi connectivity index (χ0) is 11.0. The normalized spacial score (nSPS) is 19.7. The number of hydrogen-bond acceptors (Lipinski definition) is 3. The maximum Gasteiger partial charge on any atom is 0.305 e. The van der Waals surface area contributed by atoms with E-state index in [4.69, 9.17) is 0 Å². The summed E-state index contributed by atoms with van der Waals surface area (Å²) in [5.41, 5.74) is -0.907. The molecule has 0 aliphatic carbocycles. The summed E-state index contributed by atoms with van der Waals surface area (Å²) in [6.07, 6.45) is 0.592. The van der Waals surface area contributed by atoms with E-state index in [1.165, 1.54) is 0 Å². The van der Waals surface area contributed by atoms with Gasteiger partial charge in [-0.1, -0.05) is 0 Å². The van der Waals surface area contributed by atoms with Gasteiger partial charge in [-0.15, -0.1) is 0 Å². The third kappa shape index (κ3) is 1.56. The van der Waals surface area contributed by atoms with E-state index in [9.17, 15) is 18.9 Å². The maximum atomic E-state index is 13.5. The van der Waals surface area contributed by atoms with E-state index in [1.54, 1.807) is 0 Å². The molecule has 1 aromatic rings. The Morgan fingerprint density at radius 1 is 1.47 bits per heavy atom. The van der Waals surface area contributed by atoms with Crippen molar-refractivity contribution in [1.82, 2.24) is 5.32 Å². The Balaban J connectivity index is 2.50. The zero-order valence-electron chi connectivity index (χ0n) is 7.67. The summed E-state index contributed by atoms with van der Waals surface area (Å²) in [7, 11) is 0. The molecule has 1 aliphatic heterocycles. The Morgan fingerprint density at radius 2 is 2.13 bits per heavy atom. The highest BCUT2D eigenvalue weighted by molar-refractivity contribution is 5.39. The van der Waals surface area contributed by atoms with Crippen molar-refractivity contribution < 1.29 is 13.7 Å². The summed E-state index contributed by atoms with van der Waals surface area (Å²) in [5.74, 6) is -1.81. The summed E-state index contributed by atoms with van der Waals surface area (Å²) >= 11 is 0. The van der Waals surface area contributed by atoms with Crippen LogP contribution in [0, 0.1) is 21.7 Å². The molecule has 1 aromatic carbocycles. The quantitative estimate of drug-likeness (QED) is 0.604. The number of benzene rings is 1. The average molecular weight is 214 g/mol. The number of rotatable bonds is 2. The standard InChI is InChI=1S/C9H8F2N2O2/c10-5-1-2-7(13(14)15)9(11)8(5)6-3-4-12-6/h1-2,6,12H,3-4H2. The number of nitrogens with zero attached hydrogens (tertiary/aromatic N) is 1. The van der Waals surface area contributed by atoms with Crippen molar-refractivity contribution in [3.63, 3.8) is 0 Å². The van der Waals surface area contributed by atoms with Gasteiger partial charge in [-0.25, -0.2) is 4.39 Å². The summed E-state index contributed by atoms with van der Waals surface area (Å²) < 4.78 is 26.8. The van der Waals surface area contributed by atoms with Crippen molar-refractivity contribution in [3.05, 3.63) is 39.4 Å². The Hall–Kier alpha value is -1.56. The van der Waals surface area contributed by atoms with Crippen LogP contribution < -0.4 is 5.32 Å². The summed E-state index contributed by atoms with van der Waals surface area (Å²) in [4.78, 5) is 9.59. The van der Waals surface area contributed by atoms with Gasteiger partial charge in [0, 0.05) is 17.7 Å². The van der Waals surface area contributed by atoms with Gasteiger partial charge in [0.1, 0.15) is 5.82 Å². The second-order valence-electron chi connectivity index (χ2n) is 3.35. The molecule has 0 bridgehead atoms. The van der Waals surface area contributed by atoms with Gasteiger partial charge in [0.25, 0.3) is 0 Å². The van der Waals surface area contributed by atoms with Crippen LogP contribution >= 0.6 is 0 Å². The maximum absolute atomic E-state index is 13.5. The molecule has 0 amide bonds. The lowest BCUT2D eigenvalue weighted by atomic mass is 9.96. The Labute approximate surface area is 84.1 Å². The van der Waals surface area contributed by atoms with Crippen molar-refractivity contribution >= 4 is 5.69 Å². The Morgan fingerprint density at radius 3 is 2.60 bits per heavy atom. The monoisotopic (exact) mass is 214 g/mol. The molecular weight excluding hydrogens is 206 g/mol. The summed E-state index contributed by atoms with van der Waals surface area (Å²) in [6, 6.07) is 1.33. The first kappa shape index (κ1) is 9.97. The smallest absolute Gasteiger partial charge is 0.305 e. The molecular formula is C9H8F2N2O2. The van der Waals surface area contributed by atoms with Crippen LogP contribution in [0.25, 0.3) is 0 Å². The van der Waals surface area contributed by atoms with E-state index in [2.05, 4.69) is 5.32 Å². The topological polar surface area (TPSA) is 55.2 Å². The van der Waals surface area contributed by atoms with Crippen LogP contribution in [-0.2, 0) is 0 Å². The molecule has 1 N–H and O–H groups in total. The van der Waals surface area contributed by atoms with Crippen LogP contribution in [0.1, 0.15) is 18.0 Å². The fourth-order valence-corrected chi connectivity index (χ4v) is 1.55. The summed E-state index contributed by atoms with van der Waals surface area (Å²) in [5, 5.41) is 13.2. The fraction of sp³-hybridized carbons (Fsp3) is 0.333. The van der Waals surface area contributed by atoms with E-state index < -0.39 is 28.3 Å². The van der Waals surface area contributed by atoms with Crippen molar-refractivity contribution in [2.24, 2.45) is 0 Å². The van der Waals surface area contributed by atoms with Gasteiger partial charge < -0.3 is 5.32 Å². The molecule has 0 spiro atoms. The molecule has 0 saturated carbocycles. The van der Waals surface area contributed by atoms with E-state index in [0.29, 0.717) is 13.0 Å². The first-order valence-corrected chi connectivity index (χ1v) is 4.47. The molecule has 0 radical (unpaired) electrons. The minimum absolute atomic E-state index is 0.226. The Kier molecular flexibility index (Phi) is 2.36. The van der Waals surface area contributed by atoms with Crippen LogP contribution in [0.4, 0.5) is 14.5 Å². The second-order valence-corrected chi connectivity index (χ2v) is 3.35. The van der Waals surface area contributed by atoms with Crippen molar-refractivity contribution in [2.45, 2.75) is 12.5 Å². The largest absolute Gasteiger partial charge is 0.310 e. The van der Waals surface area contributed by atoms with Crippen molar-refractivity contribution in [3.8, 4) is 0 Å². The third-order valence-corrected chi connectivity index (χ3v) is 2.48. The van der Waals surface area contributed by atoms with Crippen molar-refractivity contribution in [1.29, 1.82) is 0 Å². The molecule has 1 aliphatic rings. The van der Waals surface area contributed by atoms with Gasteiger partial charge in [-0.05, 0) is 19.0 Å². The third-order valence-electron chi connectivity index (χ3n) is 2.48. The molecule has 15 heavy (non-hydrogen) atoms. The number of halogens is 2. The fourth-order valence-electron chi connectivity index (χ4n) is 1.55. The van der Waals surface area contributed by atoms with E-state index in [1.807, 2.05) is 0 Å². The van der Waals surface area contributed by atoms with Gasteiger partial charge in [0.2, 0.25) is 5.82 Å². The van der Waals surface area contributed by atoms with Gasteiger partial charge in [0.15, 0.2) is 0 Å². The predicted octanol–water partition coefficient (Wildman–Crippen LogP) is 1.91. The second kappa shape index (κ2) is 3.54. The van der Waals surface area contributed by atoms with Crippen LogP contribution in [0.5, 0.6) is 0 Å². The number of nitro benzene ring substituents is 1. The molecule has 80 valence electrons. The lowest BCUT2D eigenvalue weighted by molar-refractivity contribution is -0.387. The molecule has 1 atom stereocenters. The molecule has 1 fully saturated rings. The van der Waals surface area contributed by atoms with Crippen LogP contribution in [-0.4, -0.2) is 11.5 Å². The number of hydrogen-bond donors (Lipinski definition) is 1. The van der Waals surface area contributed by atoms with E-state index in [0.717, 1.165) is 12.1 Å². The van der Waals surface area contributed by atoms with Gasteiger partial charge >= 0.3 is 5.69 Å². The number of nitrogens with one attached hydrogen (secondary N) is 1. The predicted molar refractivity (Wildman–Crippen MR) is 48.4 cm³/mol. The molecule has 4 nitrogen and oxygen atoms in total. The lowest BCUT2D eigenvalue weighted by Gasteiger charge is -2.28. The first-order chi connectivity index (χ1) is 7.11. The van der Waals surface area contributed by atoms with Crippen LogP contribution in [0.15, 0.2) is 12.1 Å². The SMILES string of the molecule is O=[N+]([O-])c1ccc(F)c(C2CCN2)c1F. The van der Waals surface area contributed by atoms with Crippen LogP contribution in [0.2, 0.25) is 0 Å². The molecule has 1 saturated heterocycles. The van der Waals surface area contributed by atoms with Crippen LogP contribution in [0.3, 0.4) is 0 Å². The highest BCUT2D eigenvalue weighted by Crippen LogP contribution is 2.32. The molecule has 2 rings (SSSR count). The van der Waals surface area contributed by atoms with Crippen molar-refractivity contribution in [2.75, 3.05) is 6.54 Å². The van der Waals surface area contributed by atoms with E-state index in [-0.39, 0.29) is 5.56 Å². The van der Waals surface area contributed by atoms with Gasteiger partial charge in [-0.2, -0.15) is 4.39 Å². The van der Waals surface area contributed by atoms with Gasteiger partial charge in [-0.3, -0.25) is 10.1 Å². The molecule has 6 heteroatoms. The number of nitro groups is 1. The molecule has 1 unspecified atom stereocenters. The highest BCUT2D eigenvalue weighted by atomic mass is 19.1. The average Bonchev–Trinajstić information content (AvgIpc) is 2.08. The minimum atomic E-state index is -1.07. The molecule has 0 aromatic heterocycles.